The van der Waals surface area contributed by atoms with E-state index in [1.807, 2.05) is 6.07 Å². The Morgan fingerprint density at radius 2 is 1.78 bits per heavy atom. The molecule has 12 heteroatoms. The van der Waals surface area contributed by atoms with Crippen LogP contribution in [0.15, 0.2) is 69.3 Å². The van der Waals surface area contributed by atoms with Crippen LogP contribution in [0, 0.1) is 0 Å². The number of imidazole rings is 1. The highest BCUT2D eigenvalue weighted by Gasteiger charge is 2.27. The number of urea groups is 1. The van der Waals surface area contributed by atoms with Crippen molar-refractivity contribution in [2.75, 3.05) is 24.7 Å². The molecule has 2 N–H and O–H groups in total. The molecule has 1 aliphatic heterocycles. The Kier molecular flexibility index (Phi) is 6.20. The van der Waals surface area contributed by atoms with Crippen molar-refractivity contribution in [1.82, 2.24) is 24.0 Å². The Bertz CT molecular complexity index is 1710. The van der Waals surface area contributed by atoms with Crippen LogP contribution in [0.2, 0.25) is 0 Å². The van der Waals surface area contributed by atoms with Crippen molar-refractivity contribution in [2.45, 2.75) is 23.8 Å². The van der Waals surface area contributed by atoms with E-state index in [0.29, 0.717) is 42.7 Å². The highest BCUT2D eigenvalue weighted by Crippen LogP contribution is 2.26. The number of nitrogens with zero attached hydrogens (tertiary/aromatic N) is 4. The Hall–Kier alpha value is -4.19. The van der Waals surface area contributed by atoms with Crippen LogP contribution in [0.5, 0.6) is 0 Å². The molecule has 5 rings (SSSR count). The monoisotopic (exact) mass is 522 g/mol. The molecule has 192 valence electrons. The molecule has 0 bridgehead atoms. The number of benzene rings is 1. The van der Waals surface area contributed by atoms with Crippen molar-refractivity contribution in [3.8, 4) is 11.1 Å². The Balaban J connectivity index is 1.31. The van der Waals surface area contributed by atoms with Crippen LogP contribution in [0.4, 0.5) is 10.5 Å². The lowest BCUT2D eigenvalue weighted by Crippen LogP contribution is -2.43. The lowest BCUT2D eigenvalue weighted by molar-refractivity contribution is 0.184. The van der Waals surface area contributed by atoms with Crippen LogP contribution < -0.4 is 16.6 Å². The van der Waals surface area contributed by atoms with E-state index < -0.39 is 15.9 Å². The van der Waals surface area contributed by atoms with Gasteiger partial charge in [0.2, 0.25) is 0 Å². The van der Waals surface area contributed by atoms with Gasteiger partial charge in [-0.05, 0) is 48.7 Å². The highest BCUT2D eigenvalue weighted by atomic mass is 32.2. The van der Waals surface area contributed by atoms with E-state index in [1.165, 1.54) is 16.7 Å². The largest absolute Gasteiger partial charge is 0.327 e. The van der Waals surface area contributed by atoms with Gasteiger partial charge in [-0.2, -0.15) is 0 Å². The fourth-order valence-electron chi connectivity index (χ4n) is 4.70. The van der Waals surface area contributed by atoms with Crippen molar-refractivity contribution in [1.29, 1.82) is 0 Å². The summed E-state index contributed by atoms with van der Waals surface area (Å²) >= 11 is 0. The number of aryl methyl sites for hydroxylation is 1. The molecule has 1 aliphatic rings. The van der Waals surface area contributed by atoms with Crippen molar-refractivity contribution in [3.05, 3.63) is 75.7 Å². The summed E-state index contributed by atoms with van der Waals surface area (Å²) in [5.41, 5.74) is 2.17. The molecule has 0 unspecified atom stereocenters. The van der Waals surface area contributed by atoms with Gasteiger partial charge in [0.05, 0.1) is 10.4 Å². The van der Waals surface area contributed by atoms with Gasteiger partial charge in [-0.15, -0.1) is 0 Å². The zero-order chi connectivity index (χ0) is 26.3. The summed E-state index contributed by atoms with van der Waals surface area (Å²) in [5, 5.41) is 2.73. The topological polar surface area (TPSA) is 139 Å². The molecule has 0 spiro atoms. The summed E-state index contributed by atoms with van der Waals surface area (Å²) in [4.78, 5) is 47.0. The van der Waals surface area contributed by atoms with E-state index in [2.05, 4.69) is 15.3 Å². The maximum absolute atomic E-state index is 13.0. The number of hydrogen-bond acceptors (Lipinski definition) is 6. The highest BCUT2D eigenvalue weighted by molar-refractivity contribution is 7.90. The summed E-state index contributed by atoms with van der Waals surface area (Å²) < 4.78 is 26.6. The van der Waals surface area contributed by atoms with Gasteiger partial charge in [0.15, 0.2) is 15.5 Å². The van der Waals surface area contributed by atoms with Gasteiger partial charge in [0, 0.05) is 50.4 Å². The molecule has 1 fully saturated rings. The summed E-state index contributed by atoms with van der Waals surface area (Å²) in [6.07, 6.45) is 5.56. The fourth-order valence-corrected chi connectivity index (χ4v) is 5.33. The maximum atomic E-state index is 13.0. The summed E-state index contributed by atoms with van der Waals surface area (Å²) in [7, 11) is -1.74. The Morgan fingerprint density at radius 3 is 2.46 bits per heavy atom. The average Bonchev–Trinajstić information content (AvgIpc) is 3.22. The molecule has 4 aromatic rings. The maximum Gasteiger partial charge on any atom is 0.327 e. The molecule has 3 aromatic heterocycles. The quantitative estimate of drug-likeness (QED) is 0.422. The molecule has 2 amide bonds. The molecule has 0 aliphatic carbocycles. The number of nitrogens with one attached hydrogen (secondary N) is 2. The van der Waals surface area contributed by atoms with Crippen molar-refractivity contribution in [2.24, 2.45) is 7.05 Å². The number of pyridine rings is 2. The zero-order valence-electron chi connectivity index (χ0n) is 20.3. The second kappa shape index (κ2) is 9.36. The summed E-state index contributed by atoms with van der Waals surface area (Å²) in [6, 6.07) is 11.1. The lowest BCUT2D eigenvalue weighted by Gasteiger charge is -2.32. The predicted molar refractivity (Wildman–Crippen MR) is 139 cm³/mol. The average molecular weight is 523 g/mol. The zero-order valence-corrected chi connectivity index (χ0v) is 21.2. The molecule has 11 nitrogen and oxygen atoms in total. The first-order valence-electron chi connectivity index (χ1n) is 11.7. The van der Waals surface area contributed by atoms with Gasteiger partial charge in [-0.3, -0.25) is 14.3 Å². The van der Waals surface area contributed by atoms with Crippen LogP contribution in [0.3, 0.4) is 0 Å². The first kappa shape index (κ1) is 24.5. The second-order valence-corrected chi connectivity index (χ2v) is 11.2. The molecule has 0 atom stereocenters. The number of likely N-dealkylation sites (tertiary alicyclic amines) is 1. The summed E-state index contributed by atoms with van der Waals surface area (Å²) in [6.45, 7) is 0.839. The van der Waals surface area contributed by atoms with Crippen LogP contribution in [-0.2, 0) is 16.9 Å². The van der Waals surface area contributed by atoms with E-state index in [9.17, 15) is 22.8 Å². The Morgan fingerprint density at radius 1 is 1.08 bits per heavy atom. The van der Waals surface area contributed by atoms with Crippen molar-refractivity contribution in [3.63, 3.8) is 0 Å². The minimum Gasteiger partial charge on any atom is -0.324 e. The second-order valence-electron chi connectivity index (χ2n) is 9.17. The minimum atomic E-state index is -3.33. The molecule has 37 heavy (non-hydrogen) atoms. The Labute approximate surface area is 212 Å². The lowest BCUT2D eigenvalue weighted by atomic mass is 10.0. The van der Waals surface area contributed by atoms with Gasteiger partial charge in [0.25, 0.3) is 5.56 Å². The number of amides is 2. The van der Waals surface area contributed by atoms with Crippen molar-refractivity contribution >= 4 is 32.7 Å². The van der Waals surface area contributed by atoms with Crippen LogP contribution >= 0.6 is 0 Å². The number of carbonyl (C=O) groups is 1. The van der Waals surface area contributed by atoms with Gasteiger partial charge in [0.1, 0.15) is 5.69 Å². The van der Waals surface area contributed by atoms with Crippen molar-refractivity contribution < 1.29 is 13.2 Å². The third kappa shape index (κ3) is 4.79. The van der Waals surface area contributed by atoms with Gasteiger partial charge in [-0.25, -0.2) is 23.0 Å². The van der Waals surface area contributed by atoms with Gasteiger partial charge in [-0.1, -0.05) is 12.1 Å². The molecular formula is C25H26N6O5S. The molecule has 4 heterocycles. The third-order valence-electron chi connectivity index (χ3n) is 6.65. The smallest absolute Gasteiger partial charge is 0.324 e. The number of H-pyrrole nitrogens is 1. The fraction of sp³-hybridized carbons (Fsp3) is 0.280. The predicted octanol–water partition coefficient (Wildman–Crippen LogP) is 2.36. The number of carbonyl (C=O) groups excluding carboxylic acids is 1. The molecule has 0 saturated carbocycles. The number of rotatable bonds is 4. The molecule has 1 saturated heterocycles. The summed E-state index contributed by atoms with van der Waals surface area (Å²) in [5.74, 6) is 0. The van der Waals surface area contributed by atoms with Crippen LogP contribution in [0.1, 0.15) is 18.9 Å². The number of anilines is 1. The first-order chi connectivity index (χ1) is 17.6. The molecule has 0 radical (unpaired) electrons. The number of fused-ring (bicyclic) bond motifs is 1. The van der Waals surface area contributed by atoms with Gasteiger partial charge >= 0.3 is 11.7 Å². The van der Waals surface area contributed by atoms with Crippen LogP contribution in [0.25, 0.3) is 22.3 Å². The number of aromatic amines is 1. The number of aromatic nitrogens is 4. The standard InChI is InChI=1S/C25H26N6O5S/c1-29-15-17(16-5-7-19(8-6-16)37(2,35)36)14-20(23(29)32)27-24(33)30-12-9-18(10-13-30)31-21-4-3-11-26-22(21)28-25(31)34/h3-8,11,14-15,18H,9-10,12-13H2,1-2H3,(H,27,33)(H,26,28,34). The van der Waals surface area contributed by atoms with E-state index in [0.717, 1.165) is 11.8 Å². The van der Waals surface area contributed by atoms with E-state index in [1.54, 1.807) is 53.2 Å². The molecular weight excluding hydrogens is 496 g/mol. The van der Waals surface area contributed by atoms with Gasteiger partial charge < -0.3 is 14.8 Å². The number of sulfone groups is 1. The number of hydrogen-bond donors (Lipinski definition) is 2. The normalized spacial score (nSPS) is 14.7. The SMILES string of the molecule is Cn1cc(-c2ccc(S(C)(=O)=O)cc2)cc(NC(=O)N2CCC(n3c(=O)[nH]c4ncccc43)CC2)c1=O. The van der Waals surface area contributed by atoms with E-state index in [4.69, 9.17) is 0 Å². The van der Waals surface area contributed by atoms with E-state index >= 15 is 0 Å². The third-order valence-corrected chi connectivity index (χ3v) is 7.78. The van der Waals surface area contributed by atoms with Crippen LogP contribution in [-0.4, -0.2) is 57.8 Å². The first-order valence-corrected chi connectivity index (χ1v) is 13.6. The number of piperidine rings is 1. The minimum absolute atomic E-state index is 0.0689. The van der Waals surface area contributed by atoms with E-state index in [-0.39, 0.29) is 27.9 Å². The molecule has 1 aromatic carbocycles.